The van der Waals surface area contributed by atoms with Crippen LogP contribution in [0.1, 0.15) is 30.4 Å². The van der Waals surface area contributed by atoms with Gasteiger partial charge in [-0.1, -0.05) is 6.07 Å². The molecule has 0 aliphatic carbocycles. The summed E-state index contributed by atoms with van der Waals surface area (Å²) in [6.45, 7) is 6.75. The van der Waals surface area contributed by atoms with E-state index >= 15 is 0 Å². The van der Waals surface area contributed by atoms with Crippen LogP contribution in [0.5, 0.6) is 5.75 Å². The van der Waals surface area contributed by atoms with E-state index in [0.29, 0.717) is 18.9 Å². The van der Waals surface area contributed by atoms with Crippen molar-refractivity contribution in [1.29, 1.82) is 0 Å². The van der Waals surface area contributed by atoms with Crippen molar-refractivity contribution in [3.8, 4) is 5.75 Å². The molecule has 0 aromatic heterocycles. The molecular formula is C16H25NO2. The summed E-state index contributed by atoms with van der Waals surface area (Å²) in [5.74, 6) is 1.29. The van der Waals surface area contributed by atoms with Gasteiger partial charge in [0.15, 0.2) is 0 Å². The van der Waals surface area contributed by atoms with Crippen LogP contribution in [0.3, 0.4) is 0 Å². The first-order valence-corrected chi connectivity index (χ1v) is 7.25. The number of aryl methyl sites for hydroxylation is 2. The lowest BCUT2D eigenvalue weighted by Crippen LogP contribution is -2.37. The van der Waals surface area contributed by atoms with Crippen LogP contribution in [0.2, 0.25) is 0 Å². The van der Waals surface area contributed by atoms with Gasteiger partial charge in [0.2, 0.25) is 0 Å². The molecule has 2 atom stereocenters. The van der Waals surface area contributed by atoms with Crippen LogP contribution in [-0.4, -0.2) is 30.9 Å². The summed E-state index contributed by atoms with van der Waals surface area (Å²) in [5.41, 5.74) is 2.43. The molecular weight excluding hydrogens is 238 g/mol. The largest absolute Gasteiger partial charge is 0.493 e. The maximum atomic E-state index is 10.1. The number of aliphatic hydroxyl groups is 1. The molecule has 106 valence electrons. The van der Waals surface area contributed by atoms with Gasteiger partial charge in [0, 0.05) is 13.0 Å². The van der Waals surface area contributed by atoms with Gasteiger partial charge in [0.1, 0.15) is 5.75 Å². The standard InChI is InChI=1S/C16H25NO2/c1-12-8-13(2)10-15(9-12)19-7-5-16(18)14-4-3-6-17-11-14/h8-10,14,16-18H,3-7,11H2,1-2H3. The van der Waals surface area contributed by atoms with Gasteiger partial charge < -0.3 is 15.2 Å². The third-order valence-corrected chi connectivity index (χ3v) is 3.76. The Morgan fingerprint density at radius 3 is 2.68 bits per heavy atom. The van der Waals surface area contributed by atoms with E-state index in [1.165, 1.54) is 17.5 Å². The third kappa shape index (κ3) is 4.51. The number of hydrogen-bond donors (Lipinski definition) is 2. The highest BCUT2D eigenvalue weighted by molar-refractivity contribution is 5.32. The second kappa shape index (κ2) is 6.92. The molecule has 1 saturated heterocycles. The molecule has 0 radical (unpaired) electrons. The van der Waals surface area contributed by atoms with Crippen LogP contribution >= 0.6 is 0 Å². The zero-order valence-corrected chi connectivity index (χ0v) is 12.0. The molecule has 0 saturated carbocycles. The highest BCUT2D eigenvalue weighted by Gasteiger charge is 2.21. The summed E-state index contributed by atoms with van der Waals surface area (Å²) in [4.78, 5) is 0. The molecule has 1 aliphatic heterocycles. The van der Waals surface area contributed by atoms with Gasteiger partial charge in [0.05, 0.1) is 12.7 Å². The summed E-state index contributed by atoms with van der Waals surface area (Å²) < 4.78 is 5.75. The summed E-state index contributed by atoms with van der Waals surface area (Å²) in [5, 5.41) is 13.5. The predicted molar refractivity (Wildman–Crippen MR) is 77.6 cm³/mol. The molecule has 0 amide bonds. The molecule has 3 heteroatoms. The van der Waals surface area contributed by atoms with Gasteiger partial charge >= 0.3 is 0 Å². The van der Waals surface area contributed by atoms with E-state index in [1.54, 1.807) is 0 Å². The maximum Gasteiger partial charge on any atom is 0.119 e. The number of nitrogens with one attached hydrogen (secondary N) is 1. The van der Waals surface area contributed by atoms with Crippen molar-refractivity contribution in [2.45, 2.75) is 39.2 Å². The van der Waals surface area contributed by atoms with Crippen molar-refractivity contribution in [3.05, 3.63) is 29.3 Å². The number of piperidine rings is 1. The van der Waals surface area contributed by atoms with E-state index in [-0.39, 0.29) is 6.10 Å². The summed E-state index contributed by atoms with van der Waals surface area (Å²) in [6, 6.07) is 6.22. The van der Waals surface area contributed by atoms with Crippen LogP contribution in [-0.2, 0) is 0 Å². The summed E-state index contributed by atoms with van der Waals surface area (Å²) in [7, 11) is 0. The number of hydrogen-bond acceptors (Lipinski definition) is 3. The van der Waals surface area contributed by atoms with Crippen molar-refractivity contribution in [2.75, 3.05) is 19.7 Å². The lowest BCUT2D eigenvalue weighted by atomic mass is 9.92. The molecule has 0 spiro atoms. The van der Waals surface area contributed by atoms with Gasteiger partial charge in [-0.05, 0) is 62.4 Å². The number of ether oxygens (including phenoxy) is 1. The van der Waals surface area contributed by atoms with Gasteiger partial charge in [-0.15, -0.1) is 0 Å². The molecule has 1 heterocycles. The molecule has 1 aromatic carbocycles. The van der Waals surface area contributed by atoms with Crippen molar-refractivity contribution in [1.82, 2.24) is 5.32 Å². The average Bonchev–Trinajstić information content (AvgIpc) is 2.38. The molecule has 19 heavy (non-hydrogen) atoms. The second-order valence-corrected chi connectivity index (χ2v) is 5.63. The number of benzene rings is 1. The molecule has 3 nitrogen and oxygen atoms in total. The number of rotatable bonds is 5. The van der Waals surface area contributed by atoms with Crippen LogP contribution in [0, 0.1) is 19.8 Å². The first kappa shape index (κ1) is 14.4. The van der Waals surface area contributed by atoms with E-state index < -0.39 is 0 Å². The molecule has 1 aromatic rings. The lowest BCUT2D eigenvalue weighted by molar-refractivity contribution is 0.0702. The van der Waals surface area contributed by atoms with E-state index in [0.717, 1.165) is 25.3 Å². The normalized spacial score (nSPS) is 21.1. The average molecular weight is 263 g/mol. The van der Waals surface area contributed by atoms with Crippen LogP contribution in [0.25, 0.3) is 0 Å². The smallest absolute Gasteiger partial charge is 0.119 e. The fourth-order valence-electron chi connectivity index (χ4n) is 2.76. The van der Waals surface area contributed by atoms with Gasteiger partial charge in [-0.2, -0.15) is 0 Å². The number of aliphatic hydroxyl groups excluding tert-OH is 1. The van der Waals surface area contributed by atoms with Crippen LogP contribution < -0.4 is 10.1 Å². The summed E-state index contributed by atoms with van der Waals surface area (Å²) in [6.07, 6.45) is 2.75. The molecule has 0 bridgehead atoms. The monoisotopic (exact) mass is 263 g/mol. The van der Waals surface area contributed by atoms with E-state index in [9.17, 15) is 5.11 Å². The molecule has 1 aliphatic rings. The van der Waals surface area contributed by atoms with Crippen molar-refractivity contribution in [3.63, 3.8) is 0 Å². The molecule has 2 unspecified atom stereocenters. The topological polar surface area (TPSA) is 41.5 Å². The zero-order chi connectivity index (χ0) is 13.7. The minimum Gasteiger partial charge on any atom is -0.493 e. The Balaban J connectivity index is 1.76. The fourth-order valence-corrected chi connectivity index (χ4v) is 2.76. The molecule has 1 fully saturated rings. The van der Waals surface area contributed by atoms with E-state index in [2.05, 4.69) is 25.2 Å². The molecule has 2 N–H and O–H groups in total. The maximum absolute atomic E-state index is 10.1. The van der Waals surface area contributed by atoms with Crippen LogP contribution in [0.15, 0.2) is 18.2 Å². The first-order valence-electron chi connectivity index (χ1n) is 7.25. The highest BCUT2D eigenvalue weighted by atomic mass is 16.5. The Morgan fingerprint density at radius 1 is 1.32 bits per heavy atom. The van der Waals surface area contributed by atoms with Crippen molar-refractivity contribution in [2.24, 2.45) is 5.92 Å². The lowest BCUT2D eigenvalue weighted by Gasteiger charge is -2.27. The van der Waals surface area contributed by atoms with Gasteiger partial charge in [-0.3, -0.25) is 0 Å². The second-order valence-electron chi connectivity index (χ2n) is 5.63. The quantitative estimate of drug-likeness (QED) is 0.857. The fraction of sp³-hybridized carbons (Fsp3) is 0.625. The Morgan fingerprint density at radius 2 is 2.05 bits per heavy atom. The Labute approximate surface area is 116 Å². The minimum absolute atomic E-state index is 0.251. The Kier molecular flexibility index (Phi) is 5.23. The Hall–Kier alpha value is -1.06. The van der Waals surface area contributed by atoms with Crippen LogP contribution in [0.4, 0.5) is 0 Å². The first-order chi connectivity index (χ1) is 9.15. The minimum atomic E-state index is -0.251. The third-order valence-electron chi connectivity index (χ3n) is 3.76. The summed E-state index contributed by atoms with van der Waals surface area (Å²) >= 11 is 0. The van der Waals surface area contributed by atoms with Gasteiger partial charge in [0.25, 0.3) is 0 Å². The van der Waals surface area contributed by atoms with E-state index in [4.69, 9.17) is 4.74 Å². The molecule has 2 rings (SSSR count). The van der Waals surface area contributed by atoms with E-state index in [1.807, 2.05) is 12.1 Å². The predicted octanol–water partition coefficient (Wildman–Crippen LogP) is 2.43. The SMILES string of the molecule is Cc1cc(C)cc(OCCC(O)C2CCCNC2)c1. The zero-order valence-electron chi connectivity index (χ0n) is 12.0. The van der Waals surface area contributed by atoms with Crippen molar-refractivity contribution < 1.29 is 9.84 Å². The van der Waals surface area contributed by atoms with Gasteiger partial charge in [-0.25, -0.2) is 0 Å². The Bertz CT molecular complexity index is 379. The van der Waals surface area contributed by atoms with Crippen molar-refractivity contribution >= 4 is 0 Å². The highest BCUT2D eigenvalue weighted by Crippen LogP contribution is 2.19.